The number of nitrogens with zero attached hydrogens (tertiary/aromatic N) is 3. The van der Waals surface area contributed by atoms with Gasteiger partial charge in [0.15, 0.2) is 0 Å². The second kappa shape index (κ2) is 17.3. The number of halogens is 8. The molecule has 1 aromatic heterocycles. The first-order chi connectivity index (χ1) is 26.1. The van der Waals surface area contributed by atoms with Crippen LogP contribution in [0.4, 0.5) is 57.1 Å². The summed E-state index contributed by atoms with van der Waals surface area (Å²) in [5.74, 6) is -7.71. The number of aromatic nitrogens is 1. The van der Waals surface area contributed by atoms with Gasteiger partial charge in [0.1, 0.15) is 30.0 Å². The number of carbonyl (C=O) groups is 3. The number of amides is 3. The summed E-state index contributed by atoms with van der Waals surface area (Å²) in [6.07, 6.45) is -6.82. The van der Waals surface area contributed by atoms with Gasteiger partial charge in [-0.1, -0.05) is 6.07 Å². The van der Waals surface area contributed by atoms with Crippen molar-refractivity contribution in [3.8, 4) is 5.75 Å². The predicted octanol–water partition coefficient (Wildman–Crippen LogP) is 6.06. The molecule has 0 radical (unpaired) electrons. The minimum absolute atomic E-state index is 0.0381. The molecule has 0 saturated carbocycles. The van der Waals surface area contributed by atoms with E-state index in [0.717, 1.165) is 23.2 Å². The van der Waals surface area contributed by atoms with E-state index in [1.165, 1.54) is 61.5 Å². The number of aliphatic carboxylic acids is 1. The number of nitrogens with one attached hydrogen (secondary N) is 2. The molecule has 22 heteroatoms. The number of fused-ring (bicyclic) bond motifs is 5. The average Bonchev–Trinajstić information content (AvgIpc) is 3.12. The zero-order valence-electron chi connectivity index (χ0n) is 29.1. The van der Waals surface area contributed by atoms with Crippen LogP contribution >= 0.6 is 0 Å². The monoisotopic (exact) mass is 820 g/mol. The molecule has 0 aliphatic carbocycles. The number of hydrogen-bond donors (Lipinski definition) is 4. The number of nitrogens with two attached hydrogens (primary N) is 1. The fourth-order valence-electron chi connectivity index (χ4n) is 5.36. The van der Waals surface area contributed by atoms with Crippen LogP contribution in [0.15, 0.2) is 65.7 Å². The van der Waals surface area contributed by atoms with E-state index in [1.807, 2.05) is 0 Å². The van der Waals surface area contributed by atoms with Crippen LogP contribution in [-0.4, -0.2) is 91.8 Å². The van der Waals surface area contributed by atoms with E-state index in [1.54, 1.807) is 0 Å². The van der Waals surface area contributed by atoms with Crippen LogP contribution in [0.3, 0.4) is 0 Å². The summed E-state index contributed by atoms with van der Waals surface area (Å²) in [6, 6.07) is 10.2. The molecule has 1 aliphatic heterocycles. The van der Waals surface area contributed by atoms with E-state index < -0.39 is 76.0 Å². The lowest BCUT2D eigenvalue weighted by Gasteiger charge is -2.27. The number of carbonyl (C=O) groups excluding carboxylic acids is 2. The zero-order chi connectivity index (χ0) is 41.7. The molecular weight excluding hydrogens is 788 g/mol. The Morgan fingerprint density at radius 2 is 1.70 bits per heavy atom. The second-order valence-corrected chi connectivity index (χ2v) is 14.0. The molecule has 3 aromatic carbocycles. The van der Waals surface area contributed by atoms with Crippen molar-refractivity contribution in [3.05, 3.63) is 83.3 Å². The first kappa shape index (κ1) is 42.8. The van der Waals surface area contributed by atoms with Gasteiger partial charge in [-0.15, -0.1) is 0 Å². The quantitative estimate of drug-likeness (QED) is 0.160. The first-order valence-electron chi connectivity index (χ1n) is 16.0. The van der Waals surface area contributed by atoms with Crippen molar-refractivity contribution in [1.29, 1.82) is 0 Å². The maximum Gasteiger partial charge on any atom is 0.490 e. The number of pyridine rings is 1. The van der Waals surface area contributed by atoms with Crippen molar-refractivity contribution in [2.45, 2.75) is 42.3 Å². The summed E-state index contributed by atoms with van der Waals surface area (Å²) in [5, 5.41) is 13.2. The smallest absolute Gasteiger partial charge is 0.487 e. The minimum atomic E-state index is -5.13. The van der Waals surface area contributed by atoms with Gasteiger partial charge in [0.25, 0.3) is 6.43 Å². The minimum Gasteiger partial charge on any atom is -0.487 e. The Bertz CT molecular complexity index is 2230. The third-order valence-corrected chi connectivity index (χ3v) is 9.63. The lowest BCUT2D eigenvalue weighted by Crippen LogP contribution is -2.35. The van der Waals surface area contributed by atoms with Gasteiger partial charge in [0.05, 0.1) is 11.1 Å². The Balaban J connectivity index is 0.000000908. The molecule has 0 fully saturated rings. The van der Waals surface area contributed by atoms with Crippen molar-refractivity contribution in [3.63, 3.8) is 0 Å². The van der Waals surface area contributed by atoms with E-state index in [0.29, 0.717) is 16.5 Å². The van der Waals surface area contributed by atoms with Crippen LogP contribution in [0.5, 0.6) is 5.75 Å². The number of nitrogen functional groups attached to an aromatic ring is 1. The molecule has 302 valence electrons. The molecular formula is C34H32F8N6O7S. The Labute approximate surface area is 312 Å². The molecule has 5 rings (SSSR count). The van der Waals surface area contributed by atoms with Crippen molar-refractivity contribution in [2.75, 3.05) is 43.6 Å². The third kappa shape index (κ3) is 10.2. The van der Waals surface area contributed by atoms with E-state index in [4.69, 9.17) is 20.4 Å². The fraction of sp³-hybridized carbons (Fsp3) is 0.294. The van der Waals surface area contributed by atoms with E-state index in [9.17, 15) is 53.1 Å². The topological polar surface area (TPSA) is 184 Å². The highest BCUT2D eigenvalue weighted by molar-refractivity contribution is 7.91. The summed E-state index contributed by atoms with van der Waals surface area (Å²) >= 11 is 0. The Morgan fingerprint density at radius 3 is 2.32 bits per heavy atom. The Kier molecular flexibility index (Phi) is 13.2. The molecule has 3 amide bonds. The number of ether oxygens (including phenoxy) is 1. The molecule has 56 heavy (non-hydrogen) atoms. The van der Waals surface area contributed by atoms with Gasteiger partial charge in [-0.3, -0.25) is 4.79 Å². The van der Waals surface area contributed by atoms with Crippen molar-refractivity contribution in [2.24, 2.45) is 0 Å². The van der Waals surface area contributed by atoms with E-state index in [2.05, 4.69) is 15.6 Å². The SMILES string of the molecule is CN1CCc2cc(ccc2OCC(F)F)[C@@H](Nc2ccc3c(N)ncc(F)c3c2)C(=O)N(C)Cc2cc(ccc2S(=O)(=O)C(F)F)NC1=O.O=C(O)C(F)(F)F. The number of likely N-dealkylation sites (N-methyl/N-ethyl adjacent to an activating group) is 2. The number of hydrogen-bond acceptors (Lipinski definition) is 9. The maximum absolute atomic E-state index is 14.7. The molecule has 1 atom stereocenters. The summed E-state index contributed by atoms with van der Waals surface area (Å²) < 4.78 is 131. The maximum atomic E-state index is 14.7. The van der Waals surface area contributed by atoms with Gasteiger partial charge < -0.3 is 36.0 Å². The van der Waals surface area contributed by atoms with Crippen LogP contribution in [0.2, 0.25) is 0 Å². The van der Waals surface area contributed by atoms with Crippen LogP contribution < -0.4 is 21.1 Å². The number of carboxylic acid groups (broad SMARTS) is 1. The molecule has 0 unspecified atom stereocenters. The second-order valence-electron chi connectivity index (χ2n) is 12.1. The summed E-state index contributed by atoms with van der Waals surface area (Å²) in [4.78, 5) is 41.6. The Hall–Kier alpha value is -5.93. The summed E-state index contributed by atoms with van der Waals surface area (Å²) in [6.45, 7) is -1.36. The molecule has 0 saturated heterocycles. The van der Waals surface area contributed by atoms with Gasteiger partial charge >= 0.3 is 23.9 Å². The highest BCUT2D eigenvalue weighted by atomic mass is 32.2. The van der Waals surface area contributed by atoms with Gasteiger partial charge in [-0.2, -0.15) is 22.0 Å². The van der Waals surface area contributed by atoms with Crippen molar-refractivity contribution < 1.29 is 67.8 Å². The lowest BCUT2D eigenvalue weighted by atomic mass is 9.99. The number of benzene rings is 3. The normalized spacial score (nSPS) is 15.5. The molecule has 0 spiro atoms. The molecule has 13 nitrogen and oxygen atoms in total. The van der Waals surface area contributed by atoms with E-state index >= 15 is 0 Å². The standard InChI is InChI=1S/C32H31F5N6O5S.C2HF3O2/c1-42-10-9-17-11-18(3-7-25(17)48-16-27(34)35)28(40-21-4-6-22-23(13-21)24(33)14-39-29(22)38)30(44)43(2)15-19-12-20(41-32(42)45)5-8-26(19)49(46,47)31(36)37;3-2(4,5)1(6)7/h3-8,11-14,27-28,31,40H,9-10,15-16H2,1-2H3,(H2,38,39)(H,41,45);(H,6,7)/t28-;/m1./s1. The van der Waals surface area contributed by atoms with Crippen LogP contribution in [0, 0.1) is 5.82 Å². The van der Waals surface area contributed by atoms with Crippen LogP contribution in [-0.2, 0) is 32.4 Å². The highest BCUT2D eigenvalue weighted by Crippen LogP contribution is 2.33. The third-order valence-electron chi connectivity index (χ3n) is 8.15. The summed E-state index contributed by atoms with van der Waals surface area (Å²) in [5.41, 5.74) is 6.71. The van der Waals surface area contributed by atoms with Crippen molar-refractivity contribution >= 4 is 55.7 Å². The molecule has 1 aliphatic rings. The number of carboxylic acids is 1. The van der Waals surface area contributed by atoms with Crippen molar-refractivity contribution in [1.82, 2.24) is 14.8 Å². The van der Waals surface area contributed by atoms with Gasteiger partial charge in [0, 0.05) is 49.3 Å². The van der Waals surface area contributed by atoms with Crippen LogP contribution in [0.1, 0.15) is 22.7 Å². The van der Waals surface area contributed by atoms with E-state index in [-0.39, 0.29) is 46.9 Å². The van der Waals surface area contributed by atoms with Gasteiger partial charge in [-0.05, 0) is 71.6 Å². The Morgan fingerprint density at radius 1 is 1.02 bits per heavy atom. The summed E-state index contributed by atoms with van der Waals surface area (Å²) in [7, 11) is -2.36. The molecule has 5 N–H and O–H groups in total. The fourth-order valence-corrected chi connectivity index (χ4v) is 6.30. The first-order valence-corrected chi connectivity index (χ1v) is 17.5. The number of alkyl halides is 7. The highest BCUT2D eigenvalue weighted by Gasteiger charge is 2.38. The number of anilines is 3. The molecule has 4 aromatic rings. The number of rotatable bonds is 7. The molecule has 2 heterocycles. The number of sulfone groups is 1. The van der Waals surface area contributed by atoms with Gasteiger partial charge in [-0.25, -0.2) is 36.2 Å². The zero-order valence-corrected chi connectivity index (χ0v) is 29.9. The average molecular weight is 821 g/mol. The predicted molar refractivity (Wildman–Crippen MR) is 186 cm³/mol. The van der Waals surface area contributed by atoms with Crippen LogP contribution in [0.25, 0.3) is 10.8 Å². The largest absolute Gasteiger partial charge is 0.490 e. The molecule has 4 bridgehead atoms. The number of urea groups is 1. The lowest BCUT2D eigenvalue weighted by molar-refractivity contribution is -0.192. The van der Waals surface area contributed by atoms with Gasteiger partial charge in [0.2, 0.25) is 15.7 Å².